The second-order valence-electron chi connectivity index (χ2n) is 6.96. The summed E-state index contributed by atoms with van der Waals surface area (Å²) in [6.07, 6.45) is 13.5. The fourth-order valence-corrected chi connectivity index (χ4v) is 5.68. The lowest BCUT2D eigenvalue weighted by molar-refractivity contribution is -0.107. The SMILES string of the molecule is CCC(C1CCCCC1)C1(CC)CC(C(C=O)=CI)C1. The summed E-state index contributed by atoms with van der Waals surface area (Å²) >= 11 is 2.22. The number of carbonyl (C=O) groups excluding carboxylic acids is 1. The van der Waals surface area contributed by atoms with E-state index in [0.29, 0.717) is 11.3 Å². The molecule has 1 nitrogen and oxygen atoms in total. The summed E-state index contributed by atoms with van der Waals surface area (Å²) in [7, 11) is 0. The summed E-state index contributed by atoms with van der Waals surface area (Å²) in [4.78, 5) is 11.1. The Morgan fingerprint density at radius 3 is 2.35 bits per heavy atom. The van der Waals surface area contributed by atoms with Crippen molar-refractivity contribution in [2.24, 2.45) is 23.2 Å². The molecule has 0 aromatic carbocycles. The van der Waals surface area contributed by atoms with Gasteiger partial charge in [-0.05, 0) is 40.1 Å². The largest absolute Gasteiger partial charge is 0.298 e. The second kappa shape index (κ2) is 7.42. The minimum atomic E-state index is 0.537. The molecular formula is C18H29IO. The maximum absolute atomic E-state index is 11.1. The quantitative estimate of drug-likeness (QED) is 0.314. The van der Waals surface area contributed by atoms with Crippen molar-refractivity contribution in [3.05, 3.63) is 9.66 Å². The van der Waals surface area contributed by atoms with E-state index in [1.54, 1.807) is 0 Å². The molecule has 2 aliphatic carbocycles. The molecule has 0 amide bonds. The molecule has 1 atom stereocenters. The van der Waals surface area contributed by atoms with Gasteiger partial charge in [-0.2, -0.15) is 0 Å². The van der Waals surface area contributed by atoms with Crippen LogP contribution in [0.25, 0.3) is 0 Å². The number of aldehydes is 1. The molecule has 0 heterocycles. The Morgan fingerprint density at radius 2 is 1.90 bits per heavy atom. The minimum absolute atomic E-state index is 0.537. The van der Waals surface area contributed by atoms with Crippen LogP contribution >= 0.6 is 22.6 Å². The van der Waals surface area contributed by atoms with Gasteiger partial charge in [0.15, 0.2) is 0 Å². The number of hydrogen-bond acceptors (Lipinski definition) is 1. The Balaban J connectivity index is 2.05. The third-order valence-electron chi connectivity index (χ3n) is 6.19. The van der Waals surface area contributed by atoms with Gasteiger partial charge in [0.2, 0.25) is 0 Å². The summed E-state index contributed by atoms with van der Waals surface area (Å²) in [6.45, 7) is 4.76. The molecule has 1 unspecified atom stereocenters. The highest BCUT2D eigenvalue weighted by molar-refractivity contribution is 14.1. The van der Waals surface area contributed by atoms with Crippen LogP contribution in [0.15, 0.2) is 9.66 Å². The summed E-state index contributed by atoms with van der Waals surface area (Å²) in [5.41, 5.74) is 1.57. The van der Waals surface area contributed by atoms with Crippen LogP contribution in [0.1, 0.15) is 71.6 Å². The van der Waals surface area contributed by atoms with Crippen LogP contribution in [0, 0.1) is 23.2 Å². The van der Waals surface area contributed by atoms with E-state index >= 15 is 0 Å². The fraction of sp³-hybridized carbons (Fsp3) is 0.833. The zero-order chi connectivity index (χ0) is 14.6. The molecule has 2 saturated carbocycles. The number of hydrogen-bond donors (Lipinski definition) is 0. The fourth-order valence-electron chi connectivity index (χ4n) is 5.02. The van der Waals surface area contributed by atoms with E-state index in [9.17, 15) is 4.79 Å². The molecule has 0 radical (unpaired) electrons. The highest BCUT2D eigenvalue weighted by Gasteiger charge is 2.50. The average Bonchev–Trinajstić information content (AvgIpc) is 2.46. The van der Waals surface area contributed by atoms with Gasteiger partial charge >= 0.3 is 0 Å². The van der Waals surface area contributed by atoms with E-state index in [1.807, 2.05) is 4.08 Å². The maximum Gasteiger partial charge on any atom is 0.146 e. The molecule has 0 bridgehead atoms. The number of halogens is 1. The first-order valence-electron chi connectivity index (χ1n) is 8.46. The first-order chi connectivity index (χ1) is 9.70. The zero-order valence-electron chi connectivity index (χ0n) is 13.0. The van der Waals surface area contributed by atoms with Crippen molar-refractivity contribution in [2.45, 2.75) is 71.6 Å². The minimum Gasteiger partial charge on any atom is -0.298 e. The van der Waals surface area contributed by atoms with Gasteiger partial charge in [-0.25, -0.2) is 0 Å². The molecule has 0 spiro atoms. The highest BCUT2D eigenvalue weighted by atomic mass is 127. The van der Waals surface area contributed by atoms with Gasteiger partial charge in [-0.1, -0.05) is 81.4 Å². The van der Waals surface area contributed by atoms with Crippen LogP contribution in [0.3, 0.4) is 0 Å². The van der Waals surface area contributed by atoms with Gasteiger partial charge in [-0.3, -0.25) is 4.79 Å². The Labute approximate surface area is 138 Å². The molecule has 0 saturated heterocycles. The Kier molecular flexibility index (Phi) is 6.12. The normalized spacial score (nSPS) is 33.5. The van der Waals surface area contributed by atoms with E-state index < -0.39 is 0 Å². The molecule has 2 heteroatoms. The Morgan fingerprint density at radius 1 is 1.25 bits per heavy atom. The summed E-state index contributed by atoms with van der Waals surface area (Å²) in [6, 6.07) is 0. The predicted molar refractivity (Wildman–Crippen MR) is 94.0 cm³/mol. The van der Waals surface area contributed by atoms with Gasteiger partial charge in [0.25, 0.3) is 0 Å². The Hall–Kier alpha value is 0.140. The monoisotopic (exact) mass is 388 g/mol. The molecule has 0 aliphatic heterocycles. The molecule has 2 rings (SSSR count). The van der Waals surface area contributed by atoms with Crippen molar-refractivity contribution in [3.63, 3.8) is 0 Å². The molecule has 2 aliphatic rings. The smallest absolute Gasteiger partial charge is 0.146 e. The number of carbonyl (C=O) groups is 1. The van der Waals surface area contributed by atoms with E-state index in [2.05, 4.69) is 36.4 Å². The third kappa shape index (κ3) is 3.15. The van der Waals surface area contributed by atoms with Crippen LogP contribution in [-0.2, 0) is 4.79 Å². The van der Waals surface area contributed by atoms with Gasteiger partial charge in [0, 0.05) is 5.57 Å². The molecule has 0 aromatic heterocycles. The average molecular weight is 388 g/mol. The van der Waals surface area contributed by atoms with E-state index in [-0.39, 0.29) is 0 Å². The van der Waals surface area contributed by atoms with E-state index in [4.69, 9.17) is 0 Å². The second-order valence-corrected chi connectivity index (χ2v) is 7.58. The summed E-state index contributed by atoms with van der Waals surface area (Å²) in [5, 5.41) is 0. The third-order valence-corrected chi connectivity index (χ3v) is 6.91. The van der Waals surface area contributed by atoms with Crippen molar-refractivity contribution in [2.75, 3.05) is 0 Å². The van der Waals surface area contributed by atoms with Crippen molar-refractivity contribution < 1.29 is 4.79 Å². The van der Waals surface area contributed by atoms with Crippen molar-refractivity contribution >= 4 is 28.9 Å². The van der Waals surface area contributed by atoms with E-state index in [1.165, 1.54) is 57.8 Å². The topological polar surface area (TPSA) is 17.1 Å². The molecule has 0 aromatic rings. The molecule has 20 heavy (non-hydrogen) atoms. The molecule has 0 N–H and O–H groups in total. The summed E-state index contributed by atoms with van der Waals surface area (Å²) < 4.78 is 2.00. The lowest BCUT2D eigenvalue weighted by Gasteiger charge is -2.55. The molecule has 114 valence electrons. The number of rotatable bonds is 6. The maximum atomic E-state index is 11.1. The van der Waals surface area contributed by atoms with Crippen molar-refractivity contribution in [3.8, 4) is 0 Å². The lowest BCUT2D eigenvalue weighted by atomic mass is 9.49. The Bertz CT molecular complexity index is 348. The lowest BCUT2D eigenvalue weighted by Crippen LogP contribution is -2.46. The number of allylic oxidation sites excluding steroid dienone is 1. The first-order valence-corrected chi connectivity index (χ1v) is 9.70. The van der Waals surface area contributed by atoms with Gasteiger partial charge in [0.05, 0.1) is 0 Å². The standard InChI is InChI=1S/C18H29IO/c1-3-17(14-8-6-5-7-9-14)18(4-2)10-15(11-18)16(12-19)13-20/h12-15,17H,3-11H2,1-2H3. The van der Waals surface area contributed by atoms with Crippen LogP contribution < -0.4 is 0 Å². The molecule has 2 fully saturated rings. The predicted octanol–water partition coefficient (Wildman–Crippen LogP) is 5.92. The zero-order valence-corrected chi connectivity index (χ0v) is 15.2. The van der Waals surface area contributed by atoms with Crippen molar-refractivity contribution in [1.29, 1.82) is 0 Å². The van der Waals surface area contributed by atoms with E-state index in [0.717, 1.165) is 23.7 Å². The van der Waals surface area contributed by atoms with Crippen molar-refractivity contribution in [1.82, 2.24) is 0 Å². The van der Waals surface area contributed by atoms with Crippen LogP contribution in [0.5, 0.6) is 0 Å². The van der Waals surface area contributed by atoms with Gasteiger partial charge in [-0.15, -0.1) is 0 Å². The van der Waals surface area contributed by atoms with Gasteiger partial charge in [0.1, 0.15) is 6.29 Å². The first kappa shape index (κ1) is 16.5. The molecular weight excluding hydrogens is 359 g/mol. The summed E-state index contributed by atoms with van der Waals surface area (Å²) in [5.74, 6) is 2.39. The highest BCUT2D eigenvalue weighted by Crippen LogP contribution is 2.59. The van der Waals surface area contributed by atoms with Gasteiger partial charge < -0.3 is 0 Å². The van der Waals surface area contributed by atoms with Crippen LogP contribution in [0.2, 0.25) is 0 Å². The van der Waals surface area contributed by atoms with Crippen LogP contribution in [-0.4, -0.2) is 6.29 Å². The van der Waals surface area contributed by atoms with Crippen LogP contribution in [0.4, 0.5) is 0 Å².